The van der Waals surface area contributed by atoms with Crippen molar-refractivity contribution in [3.63, 3.8) is 0 Å². The summed E-state index contributed by atoms with van der Waals surface area (Å²) < 4.78 is 0. The van der Waals surface area contributed by atoms with E-state index in [-0.39, 0.29) is 0 Å². The van der Waals surface area contributed by atoms with Gasteiger partial charge < -0.3 is 5.11 Å². The van der Waals surface area contributed by atoms with Gasteiger partial charge in [0.15, 0.2) is 0 Å². The molecule has 1 fully saturated rings. The van der Waals surface area contributed by atoms with E-state index in [4.69, 9.17) is 0 Å². The van der Waals surface area contributed by atoms with E-state index in [1.165, 1.54) is 0 Å². The van der Waals surface area contributed by atoms with Crippen LogP contribution in [0.15, 0.2) is 18.5 Å². The van der Waals surface area contributed by atoms with Crippen molar-refractivity contribution in [2.45, 2.75) is 45.6 Å². The molecule has 3 atom stereocenters. The Labute approximate surface area is 108 Å². The summed E-state index contributed by atoms with van der Waals surface area (Å²) in [5.41, 5.74) is 1.19. The van der Waals surface area contributed by atoms with Crippen molar-refractivity contribution < 1.29 is 5.11 Å². The van der Waals surface area contributed by atoms with Crippen LogP contribution in [0.1, 0.15) is 49.8 Å². The monoisotopic (exact) mass is 244 g/mol. The zero-order valence-electron chi connectivity index (χ0n) is 11.1. The first-order chi connectivity index (χ1) is 8.63. The van der Waals surface area contributed by atoms with Crippen LogP contribution in [0.2, 0.25) is 0 Å². The molecule has 3 heteroatoms. The number of aliphatic hydroxyl groups is 1. The normalized spacial score (nSPS) is 28.9. The lowest BCUT2D eigenvalue weighted by molar-refractivity contribution is 0.0632. The number of pyridine rings is 1. The van der Waals surface area contributed by atoms with Gasteiger partial charge in [0.05, 0.1) is 17.6 Å². The molecular formula is C15H20N2O. The van der Waals surface area contributed by atoms with Gasteiger partial charge in [-0.25, -0.2) is 0 Å². The average Bonchev–Trinajstić information content (AvgIpc) is 2.83. The maximum Gasteiger partial charge on any atom is 0.0993 e. The Morgan fingerprint density at radius 1 is 1.67 bits per heavy atom. The third kappa shape index (κ3) is 2.13. The van der Waals surface area contributed by atoms with Gasteiger partial charge in [-0.3, -0.25) is 4.98 Å². The van der Waals surface area contributed by atoms with Crippen LogP contribution in [0.3, 0.4) is 0 Å². The second-order valence-electron chi connectivity index (χ2n) is 5.42. The molecule has 0 radical (unpaired) electrons. The van der Waals surface area contributed by atoms with Crippen molar-refractivity contribution in [2.24, 2.45) is 11.3 Å². The summed E-state index contributed by atoms with van der Waals surface area (Å²) in [5, 5.41) is 20.1. The highest BCUT2D eigenvalue weighted by molar-refractivity contribution is 5.28. The van der Waals surface area contributed by atoms with Gasteiger partial charge in [-0.05, 0) is 43.7 Å². The fourth-order valence-corrected chi connectivity index (χ4v) is 3.00. The van der Waals surface area contributed by atoms with E-state index in [0.29, 0.717) is 5.92 Å². The van der Waals surface area contributed by atoms with Gasteiger partial charge in [-0.2, -0.15) is 5.26 Å². The Morgan fingerprint density at radius 3 is 3.00 bits per heavy atom. The number of nitrogens with zero attached hydrogens (tertiary/aromatic N) is 2. The van der Waals surface area contributed by atoms with E-state index >= 15 is 0 Å². The summed E-state index contributed by atoms with van der Waals surface area (Å²) in [6, 6.07) is 4.27. The van der Waals surface area contributed by atoms with E-state index in [9.17, 15) is 10.4 Å². The number of aromatic nitrogens is 1. The second-order valence-corrected chi connectivity index (χ2v) is 5.42. The van der Waals surface area contributed by atoms with Crippen LogP contribution in [-0.4, -0.2) is 10.1 Å². The minimum atomic E-state index is -0.715. The van der Waals surface area contributed by atoms with Crippen molar-refractivity contribution in [1.82, 2.24) is 4.98 Å². The average molecular weight is 244 g/mol. The van der Waals surface area contributed by atoms with E-state index in [1.54, 1.807) is 12.4 Å². The number of rotatable bonds is 3. The van der Waals surface area contributed by atoms with Gasteiger partial charge in [0.2, 0.25) is 0 Å². The van der Waals surface area contributed by atoms with Crippen LogP contribution < -0.4 is 0 Å². The highest BCUT2D eigenvalue weighted by Gasteiger charge is 2.45. The molecule has 96 valence electrons. The van der Waals surface area contributed by atoms with Gasteiger partial charge in [0.25, 0.3) is 0 Å². The molecule has 0 aromatic carbocycles. The van der Waals surface area contributed by atoms with Gasteiger partial charge in [0.1, 0.15) is 0 Å². The molecule has 1 aliphatic rings. The fraction of sp³-hybridized carbons (Fsp3) is 0.600. The molecule has 1 N–H and O–H groups in total. The molecule has 1 aromatic heterocycles. The zero-order chi connectivity index (χ0) is 13.2. The highest BCUT2D eigenvalue weighted by atomic mass is 16.3. The summed E-state index contributed by atoms with van der Waals surface area (Å²) in [4.78, 5) is 4.07. The van der Waals surface area contributed by atoms with Crippen LogP contribution >= 0.6 is 0 Å². The quantitative estimate of drug-likeness (QED) is 0.888. The van der Waals surface area contributed by atoms with Crippen LogP contribution in [0.4, 0.5) is 0 Å². The number of nitriles is 1. The van der Waals surface area contributed by atoms with E-state index in [2.05, 4.69) is 18.0 Å². The molecule has 2 rings (SSSR count). The predicted molar refractivity (Wildman–Crippen MR) is 69.6 cm³/mol. The van der Waals surface area contributed by atoms with Crippen molar-refractivity contribution in [3.8, 4) is 6.07 Å². The van der Waals surface area contributed by atoms with Crippen molar-refractivity contribution in [3.05, 3.63) is 29.6 Å². The van der Waals surface area contributed by atoms with Gasteiger partial charge in [-0.15, -0.1) is 0 Å². The summed E-state index contributed by atoms with van der Waals surface area (Å²) >= 11 is 0. The summed E-state index contributed by atoms with van der Waals surface area (Å²) in [6.45, 7) is 4.11. The van der Waals surface area contributed by atoms with Crippen LogP contribution in [0.25, 0.3) is 0 Å². The molecule has 0 bridgehead atoms. The number of aliphatic hydroxyl groups excluding tert-OH is 1. The molecule has 0 amide bonds. The smallest absolute Gasteiger partial charge is 0.0993 e. The number of aryl methyl sites for hydroxylation is 1. The SMILES string of the molecule is CCC1CCC(C#N)(C(O)c2cnccc2C)C1. The molecule has 1 heterocycles. The topological polar surface area (TPSA) is 56.9 Å². The minimum absolute atomic E-state index is 0.566. The molecule has 1 aromatic rings. The fourth-order valence-electron chi connectivity index (χ4n) is 3.00. The van der Waals surface area contributed by atoms with Crippen molar-refractivity contribution >= 4 is 0 Å². The summed E-state index contributed by atoms with van der Waals surface area (Å²) in [5.74, 6) is 0.566. The third-order valence-electron chi connectivity index (χ3n) is 4.35. The lowest BCUT2D eigenvalue weighted by atomic mass is 9.77. The van der Waals surface area contributed by atoms with E-state index in [0.717, 1.165) is 36.8 Å². The first kappa shape index (κ1) is 13.0. The van der Waals surface area contributed by atoms with Gasteiger partial charge in [0, 0.05) is 18.0 Å². The molecule has 18 heavy (non-hydrogen) atoms. The predicted octanol–water partition coefficient (Wildman–Crippen LogP) is 3.14. The van der Waals surface area contributed by atoms with E-state index < -0.39 is 11.5 Å². The molecule has 3 nitrogen and oxygen atoms in total. The molecule has 1 saturated carbocycles. The number of hydrogen-bond acceptors (Lipinski definition) is 3. The van der Waals surface area contributed by atoms with Crippen molar-refractivity contribution in [1.29, 1.82) is 5.26 Å². The minimum Gasteiger partial charge on any atom is -0.387 e. The Bertz CT molecular complexity index is 466. The lowest BCUT2D eigenvalue weighted by Crippen LogP contribution is -2.25. The Balaban J connectivity index is 2.30. The molecule has 0 saturated heterocycles. The lowest BCUT2D eigenvalue weighted by Gasteiger charge is -2.28. The Hall–Kier alpha value is -1.40. The zero-order valence-corrected chi connectivity index (χ0v) is 11.1. The summed E-state index contributed by atoms with van der Waals surface area (Å²) in [6.07, 6.45) is 6.41. The van der Waals surface area contributed by atoms with Gasteiger partial charge >= 0.3 is 0 Å². The number of hydrogen-bond donors (Lipinski definition) is 1. The van der Waals surface area contributed by atoms with E-state index in [1.807, 2.05) is 13.0 Å². The van der Waals surface area contributed by atoms with Crippen LogP contribution in [0, 0.1) is 29.6 Å². The first-order valence-corrected chi connectivity index (χ1v) is 6.63. The van der Waals surface area contributed by atoms with Crippen LogP contribution in [-0.2, 0) is 0 Å². The van der Waals surface area contributed by atoms with Crippen LogP contribution in [0.5, 0.6) is 0 Å². The maximum atomic E-state index is 10.6. The standard InChI is InChI=1S/C15H20N2O/c1-3-12-4-6-15(8-12,10-16)14(18)13-9-17-7-5-11(13)2/h5,7,9,12,14,18H,3-4,6,8H2,1-2H3. The maximum absolute atomic E-state index is 10.6. The molecule has 3 unspecified atom stereocenters. The largest absolute Gasteiger partial charge is 0.387 e. The Morgan fingerprint density at radius 2 is 2.44 bits per heavy atom. The molecule has 1 aliphatic carbocycles. The molecular weight excluding hydrogens is 224 g/mol. The Kier molecular flexibility index (Phi) is 3.68. The molecule has 0 spiro atoms. The summed E-state index contributed by atoms with van der Waals surface area (Å²) in [7, 11) is 0. The van der Waals surface area contributed by atoms with Crippen molar-refractivity contribution in [2.75, 3.05) is 0 Å². The third-order valence-corrected chi connectivity index (χ3v) is 4.35. The first-order valence-electron chi connectivity index (χ1n) is 6.63. The van der Waals surface area contributed by atoms with Gasteiger partial charge in [-0.1, -0.05) is 13.3 Å². The molecule has 0 aliphatic heterocycles. The highest BCUT2D eigenvalue weighted by Crippen LogP contribution is 2.50. The second kappa shape index (κ2) is 5.07.